The van der Waals surface area contributed by atoms with Crippen LogP contribution in [0.1, 0.15) is 26.2 Å². The zero-order chi connectivity index (χ0) is 13.5. The van der Waals surface area contributed by atoms with Crippen LogP contribution >= 0.6 is 0 Å². The lowest BCUT2D eigenvalue weighted by molar-refractivity contribution is 0.175. The van der Waals surface area contributed by atoms with Gasteiger partial charge in [0.1, 0.15) is 6.61 Å². The van der Waals surface area contributed by atoms with Crippen molar-refractivity contribution in [2.75, 3.05) is 38.6 Å². The molecule has 1 aliphatic rings. The summed E-state index contributed by atoms with van der Waals surface area (Å²) in [6, 6.07) is 0.441. The molecule has 7 nitrogen and oxygen atoms in total. The van der Waals surface area contributed by atoms with E-state index in [2.05, 4.69) is 19.9 Å². The minimum atomic E-state index is 0.117. The minimum absolute atomic E-state index is 0.117. The lowest BCUT2D eigenvalue weighted by Gasteiger charge is -2.25. The second kappa shape index (κ2) is 7.08. The molecule has 0 bridgehead atoms. The van der Waals surface area contributed by atoms with E-state index in [0.717, 1.165) is 19.6 Å². The summed E-state index contributed by atoms with van der Waals surface area (Å²) in [6.45, 7) is 6.07. The van der Waals surface area contributed by atoms with Crippen molar-refractivity contribution < 1.29 is 9.47 Å². The number of likely N-dealkylation sites (tertiary alicyclic amines) is 1. The Bertz CT molecular complexity index is 396. The average Bonchev–Trinajstić information content (AvgIpc) is 2.40. The van der Waals surface area contributed by atoms with Gasteiger partial charge in [-0.25, -0.2) is 0 Å². The molecule has 0 atom stereocenters. The van der Waals surface area contributed by atoms with Crippen LogP contribution in [0.15, 0.2) is 0 Å². The maximum Gasteiger partial charge on any atom is 0.324 e. The van der Waals surface area contributed by atoms with Gasteiger partial charge in [-0.1, -0.05) is 6.42 Å². The van der Waals surface area contributed by atoms with Gasteiger partial charge in [-0.15, -0.1) is 4.98 Å². The summed E-state index contributed by atoms with van der Waals surface area (Å²) in [4.78, 5) is 14.2. The van der Waals surface area contributed by atoms with Crippen molar-refractivity contribution >= 4 is 5.95 Å². The summed E-state index contributed by atoms with van der Waals surface area (Å²) >= 11 is 0. The van der Waals surface area contributed by atoms with E-state index >= 15 is 0 Å². The molecule has 0 aromatic carbocycles. The fourth-order valence-electron chi connectivity index (χ4n) is 2.06. The standard InChI is InChI=1S/C12H21N5O2/c1-2-18-11-14-10(13)15-12(16-11)19-9-8-17-6-4-3-5-7-17/h2-9H2,1H3,(H2,13,14,15,16). The Kier molecular flexibility index (Phi) is 5.14. The smallest absolute Gasteiger partial charge is 0.324 e. The largest absolute Gasteiger partial charge is 0.464 e. The van der Waals surface area contributed by atoms with Crippen molar-refractivity contribution in [3.8, 4) is 12.0 Å². The molecule has 7 heteroatoms. The Balaban J connectivity index is 1.81. The monoisotopic (exact) mass is 267 g/mol. The Hall–Kier alpha value is -1.63. The average molecular weight is 267 g/mol. The number of nitrogens with zero attached hydrogens (tertiary/aromatic N) is 4. The van der Waals surface area contributed by atoms with Gasteiger partial charge in [-0.2, -0.15) is 9.97 Å². The number of nitrogens with two attached hydrogens (primary N) is 1. The number of hydrogen-bond acceptors (Lipinski definition) is 7. The predicted molar refractivity (Wildman–Crippen MR) is 71.2 cm³/mol. The van der Waals surface area contributed by atoms with Gasteiger partial charge in [-0.3, -0.25) is 4.90 Å². The Morgan fingerprint density at radius 1 is 1.05 bits per heavy atom. The maximum absolute atomic E-state index is 5.57. The third-order valence-electron chi connectivity index (χ3n) is 2.97. The molecular weight excluding hydrogens is 246 g/mol. The first kappa shape index (κ1) is 13.8. The van der Waals surface area contributed by atoms with Gasteiger partial charge in [0, 0.05) is 6.54 Å². The van der Waals surface area contributed by atoms with Gasteiger partial charge in [0.15, 0.2) is 0 Å². The molecule has 2 N–H and O–H groups in total. The highest BCUT2D eigenvalue weighted by Gasteiger charge is 2.11. The fraction of sp³-hybridized carbons (Fsp3) is 0.750. The highest BCUT2D eigenvalue weighted by molar-refractivity contribution is 5.20. The van der Waals surface area contributed by atoms with E-state index in [1.807, 2.05) is 6.92 Å². The molecule has 1 aromatic rings. The van der Waals surface area contributed by atoms with Gasteiger partial charge in [0.2, 0.25) is 5.95 Å². The molecule has 1 fully saturated rings. The van der Waals surface area contributed by atoms with Crippen LogP contribution < -0.4 is 15.2 Å². The van der Waals surface area contributed by atoms with Gasteiger partial charge in [-0.05, 0) is 32.9 Å². The number of nitrogen functional groups attached to an aromatic ring is 1. The molecule has 0 spiro atoms. The predicted octanol–water partition coefficient (Wildman–Crippen LogP) is 0.717. The van der Waals surface area contributed by atoms with Gasteiger partial charge < -0.3 is 15.2 Å². The molecule has 2 heterocycles. The first-order valence-electron chi connectivity index (χ1n) is 6.77. The van der Waals surface area contributed by atoms with Crippen molar-refractivity contribution in [2.45, 2.75) is 26.2 Å². The Labute approximate surface area is 113 Å². The lowest BCUT2D eigenvalue weighted by atomic mass is 10.1. The summed E-state index contributed by atoms with van der Waals surface area (Å²) < 4.78 is 10.7. The fourth-order valence-corrected chi connectivity index (χ4v) is 2.06. The van der Waals surface area contributed by atoms with Gasteiger partial charge in [0.25, 0.3) is 0 Å². The molecule has 1 aliphatic heterocycles. The van der Waals surface area contributed by atoms with Gasteiger partial charge >= 0.3 is 12.0 Å². The molecule has 2 rings (SSSR count). The molecule has 1 aromatic heterocycles. The van der Waals surface area contributed by atoms with Crippen LogP contribution in [0.3, 0.4) is 0 Å². The van der Waals surface area contributed by atoms with Crippen molar-refractivity contribution in [1.82, 2.24) is 19.9 Å². The van der Waals surface area contributed by atoms with Crippen LogP contribution in [0, 0.1) is 0 Å². The summed E-state index contributed by atoms with van der Waals surface area (Å²) in [5.74, 6) is 0.117. The van der Waals surface area contributed by atoms with Crippen LogP contribution in [0.4, 0.5) is 5.95 Å². The van der Waals surface area contributed by atoms with E-state index in [4.69, 9.17) is 15.2 Å². The number of ether oxygens (including phenoxy) is 2. The molecule has 0 aliphatic carbocycles. The minimum Gasteiger partial charge on any atom is -0.464 e. The number of rotatable bonds is 6. The molecule has 106 valence electrons. The van der Waals surface area contributed by atoms with E-state index in [9.17, 15) is 0 Å². The SMILES string of the molecule is CCOc1nc(N)nc(OCCN2CCCCC2)n1. The van der Waals surface area contributed by atoms with Crippen LogP contribution in [0.25, 0.3) is 0 Å². The second-order valence-corrected chi connectivity index (χ2v) is 4.44. The lowest BCUT2D eigenvalue weighted by Crippen LogP contribution is -2.33. The van der Waals surface area contributed by atoms with E-state index in [-0.39, 0.29) is 18.0 Å². The molecule has 0 unspecified atom stereocenters. The Morgan fingerprint density at radius 2 is 1.74 bits per heavy atom. The van der Waals surface area contributed by atoms with E-state index in [1.165, 1.54) is 19.3 Å². The topological polar surface area (TPSA) is 86.4 Å². The van der Waals surface area contributed by atoms with E-state index in [0.29, 0.717) is 13.2 Å². The highest BCUT2D eigenvalue weighted by Crippen LogP contribution is 2.11. The van der Waals surface area contributed by atoms with E-state index in [1.54, 1.807) is 0 Å². The molecule has 0 amide bonds. The molecular formula is C12H21N5O2. The van der Waals surface area contributed by atoms with Crippen LogP contribution in [0.5, 0.6) is 12.0 Å². The van der Waals surface area contributed by atoms with Crippen LogP contribution in [0.2, 0.25) is 0 Å². The van der Waals surface area contributed by atoms with Crippen molar-refractivity contribution in [3.05, 3.63) is 0 Å². The first-order valence-corrected chi connectivity index (χ1v) is 6.77. The van der Waals surface area contributed by atoms with Gasteiger partial charge in [0.05, 0.1) is 6.61 Å². The zero-order valence-electron chi connectivity index (χ0n) is 11.3. The zero-order valence-corrected chi connectivity index (χ0v) is 11.3. The summed E-state index contributed by atoms with van der Waals surface area (Å²) in [5, 5.41) is 0. The molecule has 0 saturated carbocycles. The van der Waals surface area contributed by atoms with Crippen LogP contribution in [-0.2, 0) is 0 Å². The van der Waals surface area contributed by atoms with Crippen molar-refractivity contribution in [2.24, 2.45) is 0 Å². The second-order valence-electron chi connectivity index (χ2n) is 4.44. The molecule has 1 saturated heterocycles. The summed E-state index contributed by atoms with van der Waals surface area (Å²) in [5.41, 5.74) is 5.57. The number of aromatic nitrogens is 3. The number of anilines is 1. The maximum atomic E-state index is 5.57. The Morgan fingerprint density at radius 3 is 2.42 bits per heavy atom. The van der Waals surface area contributed by atoms with Crippen molar-refractivity contribution in [1.29, 1.82) is 0 Å². The van der Waals surface area contributed by atoms with E-state index < -0.39 is 0 Å². The van der Waals surface area contributed by atoms with Crippen molar-refractivity contribution in [3.63, 3.8) is 0 Å². The first-order chi connectivity index (χ1) is 9.28. The summed E-state index contributed by atoms with van der Waals surface area (Å²) in [6.07, 6.45) is 3.87. The third-order valence-corrected chi connectivity index (χ3v) is 2.97. The third kappa shape index (κ3) is 4.51. The number of hydrogen-bond donors (Lipinski definition) is 1. The number of piperidine rings is 1. The quantitative estimate of drug-likeness (QED) is 0.812. The highest BCUT2D eigenvalue weighted by atomic mass is 16.5. The molecule has 19 heavy (non-hydrogen) atoms. The van der Waals surface area contributed by atoms with Crippen LogP contribution in [-0.4, -0.2) is 52.7 Å². The normalized spacial score (nSPS) is 16.3. The summed E-state index contributed by atoms with van der Waals surface area (Å²) in [7, 11) is 0. The molecule has 0 radical (unpaired) electrons.